The van der Waals surface area contributed by atoms with Gasteiger partial charge in [0.05, 0.1) is 11.4 Å². The lowest BCUT2D eigenvalue weighted by molar-refractivity contribution is 0.445. The molecule has 9 rings (SSSR count). The number of rotatable bonds is 5. The van der Waals surface area contributed by atoms with Gasteiger partial charge in [-0.1, -0.05) is 154 Å². The van der Waals surface area contributed by atoms with Gasteiger partial charge in [-0.05, 0) is 92.6 Å². The van der Waals surface area contributed by atoms with Crippen molar-refractivity contribution in [2.75, 3.05) is 4.90 Å². The van der Waals surface area contributed by atoms with Gasteiger partial charge in [0.2, 0.25) is 0 Å². The van der Waals surface area contributed by atoms with Gasteiger partial charge < -0.3 is 4.90 Å². The highest BCUT2D eigenvalue weighted by atomic mass is 15.1. The summed E-state index contributed by atoms with van der Waals surface area (Å²) in [5.41, 5.74) is 13.1. The van der Waals surface area contributed by atoms with Crippen LogP contribution in [0.5, 0.6) is 0 Å². The third-order valence-corrected chi connectivity index (χ3v) is 11.2. The number of para-hydroxylation sites is 1. The van der Waals surface area contributed by atoms with Crippen LogP contribution in [0, 0.1) is 0 Å². The SMILES string of the molecule is CC1(C)c2ccccc2-c2ccc(N(c3ccccc3-c3cccc4cccc(C5CCCCC5)c34)c3cccc4ccccc34)cc21. The van der Waals surface area contributed by atoms with E-state index < -0.39 is 0 Å². The topological polar surface area (TPSA) is 3.24 Å². The Morgan fingerprint density at radius 3 is 2.00 bits per heavy atom. The van der Waals surface area contributed by atoms with E-state index in [0.29, 0.717) is 5.92 Å². The number of nitrogens with zero attached hydrogens (tertiary/aromatic N) is 1. The predicted octanol–water partition coefficient (Wildman–Crippen LogP) is 13.5. The molecule has 7 aromatic rings. The van der Waals surface area contributed by atoms with Gasteiger partial charge in [-0.15, -0.1) is 0 Å². The summed E-state index contributed by atoms with van der Waals surface area (Å²) in [7, 11) is 0. The Bertz CT molecular complexity index is 2310. The Balaban J connectivity index is 1.30. The average molecular weight is 620 g/mol. The van der Waals surface area contributed by atoms with Crippen molar-refractivity contribution in [1.29, 1.82) is 0 Å². The molecule has 0 heterocycles. The van der Waals surface area contributed by atoms with Crippen LogP contribution < -0.4 is 4.90 Å². The van der Waals surface area contributed by atoms with Crippen LogP contribution in [-0.2, 0) is 5.41 Å². The Morgan fingerprint density at radius 1 is 0.500 bits per heavy atom. The van der Waals surface area contributed by atoms with Gasteiger partial charge in [0.15, 0.2) is 0 Å². The maximum absolute atomic E-state index is 2.53. The van der Waals surface area contributed by atoms with Crippen LogP contribution in [-0.4, -0.2) is 0 Å². The molecule has 0 bridgehead atoms. The van der Waals surface area contributed by atoms with Crippen LogP contribution in [0.15, 0.2) is 146 Å². The quantitative estimate of drug-likeness (QED) is 0.185. The molecule has 0 saturated heterocycles. The van der Waals surface area contributed by atoms with E-state index in [9.17, 15) is 0 Å². The largest absolute Gasteiger partial charge is 0.309 e. The molecular formula is C47H41N. The molecule has 1 fully saturated rings. The lowest BCUT2D eigenvalue weighted by Gasteiger charge is -2.31. The molecule has 1 saturated carbocycles. The number of fused-ring (bicyclic) bond motifs is 5. The summed E-state index contributed by atoms with van der Waals surface area (Å²) < 4.78 is 0. The minimum atomic E-state index is -0.0869. The lowest BCUT2D eigenvalue weighted by Crippen LogP contribution is -2.17. The molecule has 0 atom stereocenters. The number of hydrogen-bond donors (Lipinski definition) is 0. The molecule has 48 heavy (non-hydrogen) atoms. The minimum Gasteiger partial charge on any atom is -0.309 e. The van der Waals surface area contributed by atoms with Crippen LogP contribution in [0.1, 0.15) is 68.6 Å². The van der Waals surface area contributed by atoms with E-state index >= 15 is 0 Å². The van der Waals surface area contributed by atoms with Gasteiger partial charge in [-0.2, -0.15) is 0 Å². The molecule has 234 valence electrons. The molecular weight excluding hydrogens is 579 g/mol. The smallest absolute Gasteiger partial charge is 0.0540 e. The van der Waals surface area contributed by atoms with Crippen LogP contribution >= 0.6 is 0 Å². The number of hydrogen-bond acceptors (Lipinski definition) is 1. The third-order valence-electron chi connectivity index (χ3n) is 11.2. The molecule has 0 spiro atoms. The number of benzene rings is 7. The van der Waals surface area contributed by atoms with Gasteiger partial charge in [-0.25, -0.2) is 0 Å². The zero-order valence-electron chi connectivity index (χ0n) is 27.9. The first kappa shape index (κ1) is 29.0. The monoisotopic (exact) mass is 619 g/mol. The van der Waals surface area contributed by atoms with Crippen LogP contribution in [0.4, 0.5) is 17.1 Å². The summed E-state index contributed by atoms with van der Waals surface area (Å²) in [6.45, 7) is 4.75. The maximum atomic E-state index is 2.53. The molecule has 2 aliphatic carbocycles. The minimum absolute atomic E-state index is 0.0869. The van der Waals surface area contributed by atoms with E-state index in [-0.39, 0.29) is 5.41 Å². The van der Waals surface area contributed by atoms with Crippen LogP contribution in [0.3, 0.4) is 0 Å². The van der Waals surface area contributed by atoms with Crippen molar-refractivity contribution in [3.8, 4) is 22.3 Å². The normalized spacial score (nSPS) is 15.4. The van der Waals surface area contributed by atoms with Crippen molar-refractivity contribution in [3.63, 3.8) is 0 Å². The molecule has 0 radical (unpaired) electrons. The summed E-state index contributed by atoms with van der Waals surface area (Å²) in [5, 5.41) is 5.25. The zero-order valence-corrected chi connectivity index (χ0v) is 27.9. The fraction of sp³-hybridized carbons (Fsp3) is 0.191. The summed E-state index contributed by atoms with van der Waals surface area (Å²) in [6.07, 6.45) is 6.58. The molecule has 0 amide bonds. The van der Waals surface area contributed by atoms with Gasteiger partial charge >= 0.3 is 0 Å². The Hall–Kier alpha value is -5.14. The van der Waals surface area contributed by atoms with Crippen molar-refractivity contribution >= 4 is 38.6 Å². The molecule has 1 heteroatoms. The molecule has 0 aromatic heterocycles. The van der Waals surface area contributed by atoms with E-state index in [1.807, 2.05) is 0 Å². The predicted molar refractivity (Wildman–Crippen MR) is 205 cm³/mol. The summed E-state index contributed by atoms with van der Waals surface area (Å²) in [5.74, 6) is 0.616. The maximum Gasteiger partial charge on any atom is 0.0540 e. The van der Waals surface area contributed by atoms with Crippen molar-refractivity contribution in [1.82, 2.24) is 0 Å². The molecule has 7 aromatic carbocycles. The van der Waals surface area contributed by atoms with E-state index in [2.05, 4.69) is 164 Å². The zero-order chi connectivity index (χ0) is 32.2. The van der Waals surface area contributed by atoms with Crippen molar-refractivity contribution in [2.45, 2.75) is 57.3 Å². The molecule has 0 aliphatic heterocycles. The van der Waals surface area contributed by atoms with Gasteiger partial charge in [0, 0.05) is 22.1 Å². The third kappa shape index (κ3) is 4.60. The molecule has 0 unspecified atom stereocenters. The highest BCUT2D eigenvalue weighted by Crippen LogP contribution is 2.52. The standard InChI is InChI=1S/C47H41N/c1-47(2)42-26-10-8-22-38(42)39-30-29-35(31-43(39)47)48(44-28-14-18-32-17-6-7-21-36(32)44)45-27-11-9-23-40(45)41-25-13-20-34-19-12-24-37(46(34)41)33-15-4-3-5-16-33/h6-14,17-31,33H,3-5,15-16H2,1-2H3. The van der Waals surface area contributed by atoms with Gasteiger partial charge in [-0.3, -0.25) is 0 Å². The van der Waals surface area contributed by atoms with Crippen LogP contribution in [0.25, 0.3) is 43.8 Å². The second-order valence-electron chi connectivity index (χ2n) is 14.3. The lowest BCUT2D eigenvalue weighted by atomic mass is 9.80. The van der Waals surface area contributed by atoms with Crippen molar-refractivity contribution < 1.29 is 0 Å². The molecule has 1 nitrogen and oxygen atoms in total. The van der Waals surface area contributed by atoms with Crippen molar-refractivity contribution in [2.24, 2.45) is 0 Å². The highest BCUT2D eigenvalue weighted by molar-refractivity contribution is 6.06. The van der Waals surface area contributed by atoms with E-state index in [0.717, 1.165) is 0 Å². The van der Waals surface area contributed by atoms with E-state index in [1.54, 1.807) is 0 Å². The molecule has 2 aliphatic rings. The summed E-state index contributed by atoms with van der Waals surface area (Å²) in [4.78, 5) is 2.53. The fourth-order valence-electron chi connectivity index (χ4n) is 8.89. The van der Waals surface area contributed by atoms with Gasteiger partial charge in [0.1, 0.15) is 0 Å². The van der Waals surface area contributed by atoms with Gasteiger partial charge in [0.25, 0.3) is 0 Å². The fourth-order valence-corrected chi connectivity index (χ4v) is 8.89. The van der Waals surface area contributed by atoms with E-state index in [1.165, 1.54) is 110 Å². The number of anilines is 3. The summed E-state index contributed by atoms with van der Waals surface area (Å²) in [6, 6.07) is 54.6. The average Bonchev–Trinajstić information content (AvgIpc) is 3.37. The first-order valence-electron chi connectivity index (χ1n) is 17.7. The van der Waals surface area contributed by atoms with Crippen LogP contribution in [0.2, 0.25) is 0 Å². The second kappa shape index (κ2) is 11.5. The second-order valence-corrected chi connectivity index (χ2v) is 14.3. The Labute approximate surface area is 284 Å². The van der Waals surface area contributed by atoms with Crippen molar-refractivity contribution in [3.05, 3.63) is 162 Å². The van der Waals surface area contributed by atoms with E-state index in [4.69, 9.17) is 0 Å². The molecule has 0 N–H and O–H groups in total. The first-order valence-corrected chi connectivity index (χ1v) is 17.7. The first-order chi connectivity index (χ1) is 23.6. The highest BCUT2D eigenvalue weighted by Gasteiger charge is 2.36. The Morgan fingerprint density at radius 2 is 1.12 bits per heavy atom. The summed E-state index contributed by atoms with van der Waals surface area (Å²) >= 11 is 0. The Kier molecular flexibility index (Phi) is 6.97.